The lowest BCUT2D eigenvalue weighted by Gasteiger charge is -2.18. The van der Waals surface area contributed by atoms with E-state index in [0.717, 1.165) is 70.4 Å². The number of thiazole rings is 1. The number of aromatic nitrogens is 2. The molecule has 0 saturated heterocycles. The molecule has 2 heterocycles. The van der Waals surface area contributed by atoms with Crippen LogP contribution < -0.4 is 5.73 Å². The maximum atomic E-state index is 6.31. The summed E-state index contributed by atoms with van der Waals surface area (Å²) in [5.74, 6) is 0. The first-order valence-electron chi connectivity index (χ1n) is 11.7. The fraction of sp³-hybridized carbons (Fsp3) is 0.444. The Morgan fingerprint density at radius 2 is 2.09 bits per heavy atom. The number of methoxy groups -OCH3 is 1. The molecule has 1 aliphatic rings. The van der Waals surface area contributed by atoms with Crippen LogP contribution >= 0.6 is 11.3 Å². The van der Waals surface area contributed by atoms with E-state index in [0.29, 0.717) is 6.61 Å². The monoisotopic (exact) mass is 468 g/mol. The van der Waals surface area contributed by atoms with Crippen LogP contribution in [0.3, 0.4) is 0 Å². The molecule has 3 rings (SSSR count). The number of pyridine rings is 1. The van der Waals surface area contributed by atoms with Gasteiger partial charge in [-0.05, 0) is 57.2 Å². The van der Waals surface area contributed by atoms with Gasteiger partial charge in [0.25, 0.3) is 0 Å². The fourth-order valence-corrected chi connectivity index (χ4v) is 4.26. The molecule has 2 aromatic rings. The maximum absolute atomic E-state index is 6.31. The number of hydrogen-bond acceptors (Lipinski definition) is 6. The number of unbranched alkanes of at least 4 members (excludes halogenated alkanes) is 1. The lowest BCUT2D eigenvalue weighted by molar-refractivity contribution is 0.234. The number of hydrogen-bond donors (Lipinski definition) is 1. The van der Waals surface area contributed by atoms with E-state index in [4.69, 9.17) is 15.7 Å². The Balaban J connectivity index is 0.000000689. The Kier molecular flexibility index (Phi) is 13.9. The van der Waals surface area contributed by atoms with E-state index in [-0.39, 0.29) is 0 Å². The molecule has 6 heteroatoms. The minimum atomic E-state index is 0.653. The second-order valence-electron chi connectivity index (χ2n) is 7.36. The van der Waals surface area contributed by atoms with Crippen LogP contribution in [0.5, 0.6) is 0 Å². The molecule has 2 aromatic heterocycles. The highest BCUT2D eigenvalue weighted by Gasteiger charge is 2.17. The van der Waals surface area contributed by atoms with Crippen molar-refractivity contribution in [2.24, 2.45) is 10.7 Å². The van der Waals surface area contributed by atoms with Crippen LogP contribution in [-0.2, 0) is 4.74 Å². The van der Waals surface area contributed by atoms with Gasteiger partial charge in [0.05, 0.1) is 28.6 Å². The van der Waals surface area contributed by atoms with E-state index in [2.05, 4.69) is 36.2 Å². The van der Waals surface area contributed by atoms with Crippen molar-refractivity contribution in [3.63, 3.8) is 0 Å². The lowest BCUT2D eigenvalue weighted by Crippen LogP contribution is -2.10. The van der Waals surface area contributed by atoms with Gasteiger partial charge in [-0.25, -0.2) is 4.98 Å². The summed E-state index contributed by atoms with van der Waals surface area (Å²) in [5.41, 5.74) is 12.5. The summed E-state index contributed by atoms with van der Waals surface area (Å²) in [6.45, 7) is 14.4. The molecular formula is C27H40N4OS. The summed E-state index contributed by atoms with van der Waals surface area (Å²) < 4.78 is 4.57. The summed E-state index contributed by atoms with van der Waals surface area (Å²) in [4.78, 5) is 15.0. The first kappa shape index (κ1) is 28.5. The maximum Gasteiger partial charge on any atom is 0.125 e. The molecule has 0 aromatic carbocycles. The topological polar surface area (TPSA) is 73.4 Å². The molecule has 1 aliphatic carbocycles. The zero-order chi connectivity index (χ0) is 24.6. The Bertz CT molecular complexity index is 942. The quantitative estimate of drug-likeness (QED) is 0.343. The van der Waals surface area contributed by atoms with Crippen LogP contribution in [0.2, 0.25) is 0 Å². The second kappa shape index (κ2) is 16.1. The van der Waals surface area contributed by atoms with Gasteiger partial charge >= 0.3 is 0 Å². The Morgan fingerprint density at radius 3 is 2.67 bits per heavy atom. The smallest absolute Gasteiger partial charge is 0.125 e. The first-order valence-corrected chi connectivity index (χ1v) is 12.5. The van der Waals surface area contributed by atoms with Gasteiger partial charge < -0.3 is 10.5 Å². The number of aliphatic imine (C=N–C) groups is 1. The van der Waals surface area contributed by atoms with Crippen molar-refractivity contribution in [2.75, 3.05) is 13.7 Å². The van der Waals surface area contributed by atoms with Crippen LogP contribution in [-0.4, -0.2) is 29.4 Å². The molecule has 0 amide bonds. The zero-order valence-corrected chi connectivity index (χ0v) is 22.0. The molecule has 2 N–H and O–H groups in total. The van der Waals surface area contributed by atoms with Gasteiger partial charge in [-0.15, -0.1) is 17.9 Å². The molecule has 0 unspecified atom stereocenters. The van der Waals surface area contributed by atoms with Gasteiger partial charge in [-0.3, -0.25) is 9.98 Å². The fourth-order valence-electron chi connectivity index (χ4n) is 3.25. The summed E-state index contributed by atoms with van der Waals surface area (Å²) in [6.07, 6.45) is 13.0. The van der Waals surface area contributed by atoms with E-state index in [1.165, 1.54) is 5.57 Å². The number of allylic oxidation sites excluding steroid dienone is 3. The molecule has 0 saturated carbocycles. The Hall–Kier alpha value is -2.57. The van der Waals surface area contributed by atoms with Crippen LogP contribution in [0.25, 0.3) is 10.6 Å². The van der Waals surface area contributed by atoms with E-state index >= 15 is 0 Å². The minimum absolute atomic E-state index is 0.653. The van der Waals surface area contributed by atoms with Crippen LogP contribution in [0.4, 0.5) is 0 Å². The van der Waals surface area contributed by atoms with Crippen molar-refractivity contribution in [3.05, 3.63) is 70.8 Å². The van der Waals surface area contributed by atoms with Gasteiger partial charge in [0.15, 0.2) is 0 Å². The van der Waals surface area contributed by atoms with E-state index in [1.54, 1.807) is 30.7 Å². The summed E-state index contributed by atoms with van der Waals surface area (Å²) in [7, 11) is 1.64. The summed E-state index contributed by atoms with van der Waals surface area (Å²) in [6, 6.07) is 3.97. The average molecular weight is 469 g/mol. The standard InChI is InChI=1S/C21H26N4S.C4H8O.C2H6/c1-4-5-8-16-9-6-11-18(22)19(16)24-14(2)20-15(3)25-21(26-20)17-10-7-12-23-13-17;1-3-4-5-2;1-2/h7-8,10,12-13H,4-6,9,11,22H2,1-3H3;3H,1,4H2,2H3;1-2H3/b16-8+,24-14?;;. The van der Waals surface area contributed by atoms with Crippen molar-refractivity contribution in [2.45, 2.75) is 66.7 Å². The van der Waals surface area contributed by atoms with Gasteiger partial charge in [0.2, 0.25) is 0 Å². The molecule has 0 radical (unpaired) electrons. The average Bonchev–Trinajstić information content (AvgIpc) is 3.24. The van der Waals surface area contributed by atoms with Crippen molar-refractivity contribution < 1.29 is 4.74 Å². The number of aryl methyl sites for hydroxylation is 1. The molecule has 0 bridgehead atoms. The molecule has 33 heavy (non-hydrogen) atoms. The highest BCUT2D eigenvalue weighted by Crippen LogP contribution is 2.32. The van der Waals surface area contributed by atoms with Crippen molar-refractivity contribution >= 4 is 17.0 Å². The number of rotatable bonds is 7. The van der Waals surface area contributed by atoms with Gasteiger partial charge in [0, 0.05) is 30.8 Å². The SMILES string of the molecule is C=CCOC.CC.CCC/C=C1\CCCC(N)=C1N=C(C)c1sc(-c2cccnc2)nc1C. The molecule has 5 nitrogen and oxygen atoms in total. The van der Waals surface area contributed by atoms with Crippen molar-refractivity contribution in [1.82, 2.24) is 9.97 Å². The molecule has 0 spiro atoms. The molecule has 0 atom stereocenters. The van der Waals surface area contributed by atoms with E-state index in [9.17, 15) is 0 Å². The minimum Gasteiger partial charge on any atom is -0.400 e. The predicted molar refractivity (Wildman–Crippen MR) is 144 cm³/mol. The number of nitrogens with zero attached hydrogens (tertiary/aromatic N) is 3. The predicted octanol–water partition coefficient (Wildman–Crippen LogP) is 7.25. The third-order valence-electron chi connectivity index (χ3n) is 4.78. The summed E-state index contributed by atoms with van der Waals surface area (Å²) >= 11 is 1.66. The Morgan fingerprint density at radius 1 is 1.33 bits per heavy atom. The van der Waals surface area contributed by atoms with Crippen molar-refractivity contribution in [1.29, 1.82) is 0 Å². The highest BCUT2D eigenvalue weighted by molar-refractivity contribution is 7.17. The van der Waals surface area contributed by atoms with Gasteiger partial charge in [0.1, 0.15) is 5.01 Å². The lowest BCUT2D eigenvalue weighted by atomic mass is 9.95. The van der Waals surface area contributed by atoms with Crippen LogP contribution in [0.15, 0.2) is 65.2 Å². The van der Waals surface area contributed by atoms with E-state index < -0.39 is 0 Å². The van der Waals surface area contributed by atoms with Crippen LogP contribution in [0, 0.1) is 6.92 Å². The largest absolute Gasteiger partial charge is 0.400 e. The number of ether oxygens (including phenoxy) is 1. The first-order chi connectivity index (χ1) is 16.0. The third-order valence-corrected chi connectivity index (χ3v) is 6.09. The Labute approximate surface area is 204 Å². The molecule has 180 valence electrons. The zero-order valence-electron chi connectivity index (χ0n) is 21.1. The van der Waals surface area contributed by atoms with Gasteiger partial charge in [-0.2, -0.15) is 0 Å². The van der Waals surface area contributed by atoms with Crippen molar-refractivity contribution in [3.8, 4) is 10.6 Å². The van der Waals surface area contributed by atoms with E-state index in [1.807, 2.05) is 39.1 Å². The molecule has 0 aliphatic heterocycles. The highest BCUT2D eigenvalue weighted by atomic mass is 32.1. The number of nitrogens with two attached hydrogens (primary N) is 1. The second-order valence-corrected chi connectivity index (χ2v) is 8.36. The third kappa shape index (κ3) is 9.06. The normalized spacial score (nSPS) is 14.8. The summed E-state index contributed by atoms with van der Waals surface area (Å²) in [5, 5.41) is 0.979. The molecule has 0 fully saturated rings. The van der Waals surface area contributed by atoms with Crippen LogP contribution in [0.1, 0.15) is 70.4 Å². The molecular weight excluding hydrogens is 428 g/mol. The van der Waals surface area contributed by atoms with Gasteiger partial charge in [-0.1, -0.05) is 39.3 Å².